The van der Waals surface area contributed by atoms with Crippen LogP contribution in [0.2, 0.25) is 36.3 Å². The third kappa shape index (κ3) is 15.9. The van der Waals surface area contributed by atoms with E-state index in [-0.39, 0.29) is 18.7 Å². The van der Waals surface area contributed by atoms with Crippen molar-refractivity contribution in [2.75, 3.05) is 20.3 Å². The van der Waals surface area contributed by atoms with Crippen LogP contribution < -0.4 is 10.5 Å². The Morgan fingerprint density at radius 2 is 1.61 bits per heavy atom. The molecule has 0 saturated carbocycles. The standard InChI is InChI=1S/C50H81NO9Si2/c1-12-61(13-2,14-3)59-48-49(10,60-62(15-4,16-5)17-6)36-44(57-50(48)33-32-47(53)58-50)23-20-22-41(9)35-45(38-55-37-42-27-29-43(54-11)30-28-42)56-46(52)31-26-40(8)25-24-39(7)21-18-19-34-51/h18-19,22,25-31,44-45,48H,7,12-17,20-21,23-24,32-38,51H2,1-6,8-11H3/b19-18+,31-26+,40-25+,41-22-/t44-,45+,48-,49+,50-/m1/s1. The molecule has 348 valence electrons. The molecule has 2 N–H and O–H groups in total. The van der Waals surface area contributed by atoms with Gasteiger partial charge in [0.15, 0.2) is 16.6 Å². The van der Waals surface area contributed by atoms with E-state index >= 15 is 0 Å². The van der Waals surface area contributed by atoms with Crippen LogP contribution in [-0.4, -0.2) is 78.5 Å². The van der Waals surface area contributed by atoms with Crippen molar-refractivity contribution >= 4 is 28.6 Å². The molecule has 0 amide bonds. The molecule has 2 aliphatic heterocycles. The number of rotatable bonds is 28. The lowest BCUT2D eigenvalue weighted by molar-refractivity contribution is -0.328. The monoisotopic (exact) mass is 896 g/mol. The molecule has 0 aromatic heterocycles. The second kappa shape index (κ2) is 26.0. The molecule has 1 aromatic carbocycles. The molecule has 12 heteroatoms. The van der Waals surface area contributed by atoms with Crippen molar-refractivity contribution in [3.8, 4) is 5.75 Å². The SMILES string of the molecule is C=C(C/C=C/CN)C/C=C(C)/C=C/C(=O)O[C@H](COCc1ccc(OC)cc1)C/C(C)=C\CC[C@@H]1C[C@](C)(O[Si](CC)(CC)CC)[C@@H](O[Si](CC)(CC)CC)[C@]2(CCC(=O)O2)O1. The Labute approximate surface area is 376 Å². The van der Waals surface area contributed by atoms with Crippen molar-refractivity contribution in [1.82, 2.24) is 0 Å². The molecular weight excluding hydrogens is 815 g/mol. The number of carbonyl (C=O) groups is 2. The first-order chi connectivity index (χ1) is 29.6. The predicted octanol–water partition coefficient (Wildman–Crippen LogP) is 11.6. The van der Waals surface area contributed by atoms with Crippen LogP contribution in [-0.2, 0) is 44.0 Å². The van der Waals surface area contributed by atoms with Crippen molar-refractivity contribution < 1.29 is 42.1 Å². The molecule has 1 aromatic rings. The van der Waals surface area contributed by atoms with Crippen LogP contribution in [0.4, 0.5) is 0 Å². The van der Waals surface area contributed by atoms with E-state index in [4.69, 9.17) is 38.3 Å². The van der Waals surface area contributed by atoms with Crippen molar-refractivity contribution in [3.05, 3.63) is 89.6 Å². The maximum absolute atomic E-state index is 13.2. The summed E-state index contributed by atoms with van der Waals surface area (Å²) in [6.45, 7) is 24.9. The molecular formula is C50H81NO9Si2. The number of benzene rings is 1. The molecule has 3 rings (SSSR count). The summed E-state index contributed by atoms with van der Waals surface area (Å²) in [7, 11) is -2.67. The normalized spacial score (nSPS) is 23.0. The molecule has 2 saturated heterocycles. The van der Waals surface area contributed by atoms with Gasteiger partial charge in [0.2, 0.25) is 5.79 Å². The van der Waals surface area contributed by atoms with Crippen LogP contribution in [0.1, 0.15) is 119 Å². The van der Waals surface area contributed by atoms with Gasteiger partial charge in [-0.25, -0.2) is 4.79 Å². The van der Waals surface area contributed by atoms with Gasteiger partial charge in [-0.2, -0.15) is 0 Å². The largest absolute Gasteiger partial charge is 0.497 e. The lowest BCUT2D eigenvalue weighted by Gasteiger charge is -2.56. The number of allylic oxidation sites excluding steroid dienone is 6. The molecule has 10 nitrogen and oxygen atoms in total. The lowest BCUT2D eigenvalue weighted by Crippen LogP contribution is -2.69. The van der Waals surface area contributed by atoms with Gasteiger partial charge in [0.05, 0.1) is 38.4 Å². The Morgan fingerprint density at radius 1 is 0.952 bits per heavy atom. The molecule has 0 bridgehead atoms. The van der Waals surface area contributed by atoms with Gasteiger partial charge in [-0.05, 0) is 100 Å². The Kier molecular flexibility index (Phi) is 22.3. The van der Waals surface area contributed by atoms with Gasteiger partial charge in [0, 0.05) is 31.9 Å². The van der Waals surface area contributed by atoms with E-state index in [0.29, 0.717) is 51.7 Å². The van der Waals surface area contributed by atoms with Gasteiger partial charge in [-0.3, -0.25) is 4.79 Å². The first-order valence-corrected chi connectivity index (χ1v) is 28.4. The van der Waals surface area contributed by atoms with Crippen molar-refractivity contribution in [3.63, 3.8) is 0 Å². The van der Waals surface area contributed by atoms with Crippen LogP contribution in [0.5, 0.6) is 5.75 Å². The Balaban J connectivity index is 1.81. The molecule has 2 fully saturated rings. The first-order valence-electron chi connectivity index (χ1n) is 23.3. The van der Waals surface area contributed by atoms with Crippen LogP contribution in [0, 0.1) is 0 Å². The van der Waals surface area contributed by atoms with E-state index in [2.05, 4.69) is 68.0 Å². The zero-order valence-corrected chi connectivity index (χ0v) is 42.0. The summed E-state index contributed by atoms with van der Waals surface area (Å²) in [6, 6.07) is 13.7. The van der Waals surface area contributed by atoms with Crippen molar-refractivity contribution in [2.24, 2.45) is 5.73 Å². The highest BCUT2D eigenvalue weighted by Gasteiger charge is 2.64. The fourth-order valence-electron chi connectivity index (χ4n) is 8.76. The molecule has 62 heavy (non-hydrogen) atoms. The number of carbonyl (C=O) groups excluding carboxylic acids is 2. The highest BCUT2D eigenvalue weighted by atomic mass is 28.4. The van der Waals surface area contributed by atoms with Crippen LogP contribution in [0.25, 0.3) is 0 Å². The summed E-state index contributed by atoms with van der Waals surface area (Å²) in [5.74, 6) is -1.08. The van der Waals surface area contributed by atoms with Gasteiger partial charge in [0.25, 0.3) is 0 Å². The van der Waals surface area contributed by atoms with Gasteiger partial charge in [0.1, 0.15) is 18.0 Å². The van der Waals surface area contributed by atoms with E-state index in [1.165, 1.54) is 6.08 Å². The van der Waals surface area contributed by atoms with E-state index in [1.807, 2.05) is 49.4 Å². The summed E-state index contributed by atoms with van der Waals surface area (Å²) in [4.78, 5) is 26.2. The van der Waals surface area contributed by atoms with Gasteiger partial charge in [-0.1, -0.05) is 107 Å². The first kappa shape index (κ1) is 53.2. The summed E-state index contributed by atoms with van der Waals surface area (Å²) >= 11 is 0. The van der Waals surface area contributed by atoms with E-state index in [9.17, 15) is 9.59 Å². The minimum Gasteiger partial charge on any atom is -0.497 e. The minimum absolute atomic E-state index is 0.213. The predicted molar refractivity (Wildman–Crippen MR) is 256 cm³/mol. The number of esters is 2. The molecule has 5 atom stereocenters. The minimum atomic E-state index is -2.17. The Hall–Kier alpha value is -3.11. The van der Waals surface area contributed by atoms with E-state index < -0.39 is 46.2 Å². The van der Waals surface area contributed by atoms with Crippen LogP contribution >= 0.6 is 0 Å². The molecule has 0 unspecified atom stereocenters. The quantitative estimate of drug-likeness (QED) is 0.0286. The third-order valence-corrected chi connectivity index (χ3v) is 22.4. The van der Waals surface area contributed by atoms with Crippen LogP contribution in [0.15, 0.2) is 84.0 Å². The number of methoxy groups -OCH3 is 1. The van der Waals surface area contributed by atoms with Gasteiger partial charge in [-0.15, -0.1) is 0 Å². The maximum atomic E-state index is 13.2. The summed E-state index contributed by atoms with van der Waals surface area (Å²) in [5.41, 5.74) is 8.95. The molecule has 1 spiro atoms. The molecule has 0 radical (unpaired) electrons. The van der Waals surface area contributed by atoms with Crippen molar-refractivity contribution in [1.29, 1.82) is 0 Å². The third-order valence-electron chi connectivity index (χ3n) is 13.1. The molecule has 0 aliphatic carbocycles. The zero-order chi connectivity index (χ0) is 45.8. The molecule has 2 heterocycles. The number of hydrogen-bond donors (Lipinski definition) is 1. The van der Waals surface area contributed by atoms with Gasteiger partial charge >= 0.3 is 11.9 Å². The summed E-state index contributed by atoms with van der Waals surface area (Å²) in [6.07, 6.45) is 15.1. The Morgan fingerprint density at radius 3 is 2.19 bits per heavy atom. The Bertz CT molecular complexity index is 1670. The summed E-state index contributed by atoms with van der Waals surface area (Å²) < 4.78 is 45.5. The maximum Gasteiger partial charge on any atom is 0.331 e. The second-order valence-electron chi connectivity index (χ2n) is 17.5. The average molecular weight is 896 g/mol. The van der Waals surface area contributed by atoms with Crippen LogP contribution in [0.3, 0.4) is 0 Å². The average Bonchev–Trinajstić information content (AvgIpc) is 3.64. The fourth-order valence-corrected chi connectivity index (χ4v) is 14.8. The highest BCUT2D eigenvalue weighted by Crippen LogP contribution is 2.50. The summed E-state index contributed by atoms with van der Waals surface area (Å²) in [5, 5.41) is 0. The number of ether oxygens (including phenoxy) is 5. The van der Waals surface area contributed by atoms with Crippen molar-refractivity contribution in [2.45, 2.75) is 186 Å². The number of nitrogens with two attached hydrogens (primary N) is 1. The second-order valence-corrected chi connectivity index (χ2v) is 26.9. The van der Waals surface area contributed by atoms with E-state index in [1.54, 1.807) is 13.2 Å². The zero-order valence-electron chi connectivity index (χ0n) is 40.0. The fraction of sp³-hybridized carbons (Fsp3) is 0.640. The van der Waals surface area contributed by atoms with E-state index in [0.717, 1.165) is 77.1 Å². The molecule has 2 aliphatic rings. The smallest absolute Gasteiger partial charge is 0.331 e. The lowest BCUT2D eigenvalue weighted by atomic mass is 9.81. The number of hydrogen-bond acceptors (Lipinski definition) is 10. The highest BCUT2D eigenvalue weighted by molar-refractivity contribution is 6.74. The van der Waals surface area contributed by atoms with Gasteiger partial charge < -0.3 is 38.3 Å². The topological polar surface area (TPSA) is 125 Å².